The first-order valence-electron chi connectivity index (χ1n) is 4.97. The van der Waals surface area contributed by atoms with Crippen LogP contribution in [0.15, 0.2) is 16.6 Å². The molecule has 1 aliphatic rings. The van der Waals surface area contributed by atoms with Crippen LogP contribution in [0.5, 0.6) is 0 Å². The second-order valence-electron chi connectivity index (χ2n) is 4.12. The Morgan fingerprint density at radius 3 is 2.47 bits per heavy atom. The van der Waals surface area contributed by atoms with Gasteiger partial charge in [0.15, 0.2) is 0 Å². The molecule has 0 bridgehead atoms. The van der Waals surface area contributed by atoms with Crippen molar-refractivity contribution >= 4 is 27.5 Å². The van der Waals surface area contributed by atoms with E-state index in [1.807, 2.05) is 6.07 Å². The van der Waals surface area contributed by atoms with Crippen LogP contribution in [-0.2, 0) is 5.54 Å². The minimum atomic E-state index is -0.405. The standard InChI is InChI=1S/C11H12BrClFN/c12-8-5-7(6-9(14)10(8)13)11(15)3-1-2-4-11/h5-6H,1-4,15H2. The van der Waals surface area contributed by atoms with Crippen LogP contribution >= 0.6 is 27.5 Å². The summed E-state index contributed by atoms with van der Waals surface area (Å²) in [6.45, 7) is 0. The van der Waals surface area contributed by atoms with Gasteiger partial charge in [0.2, 0.25) is 0 Å². The first-order valence-corrected chi connectivity index (χ1v) is 6.14. The molecule has 2 N–H and O–H groups in total. The highest BCUT2D eigenvalue weighted by atomic mass is 79.9. The molecule has 4 heteroatoms. The predicted octanol–water partition coefficient (Wildman–Crippen LogP) is 3.97. The largest absolute Gasteiger partial charge is 0.321 e. The zero-order chi connectivity index (χ0) is 11.1. The van der Waals surface area contributed by atoms with Crippen molar-refractivity contribution in [2.75, 3.05) is 0 Å². The van der Waals surface area contributed by atoms with Crippen LogP contribution in [0.4, 0.5) is 4.39 Å². The van der Waals surface area contributed by atoms with Crippen LogP contribution in [0.1, 0.15) is 31.2 Å². The first kappa shape index (κ1) is 11.4. The molecule has 0 heterocycles. The number of halogens is 3. The monoisotopic (exact) mass is 291 g/mol. The number of nitrogens with two attached hydrogens (primary N) is 1. The summed E-state index contributed by atoms with van der Waals surface area (Å²) in [5.41, 5.74) is 6.71. The summed E-state index contributed by atoms with van der Waals surface area (Å²) in [6, 6.07) is 3.29. The van der Waals surface area contributed by atoms with Gasteiger partial charge in [-0.15, -0.1) is 0 Å². The molecule has 1 aromatic carbocycles. The lowest BCUT2D eigenvalue weighted by Crippen LogP contribution is -2.33. The Morgan fingerprint density at radius 1 is 1.33 bits per heavy atom. The van der Waals surface area contributed by atoms with Gasteiger partial charge in [-0.2, -0.15) is 0 Å². The molecule has 1 nitrogen and oxygen atoms in total. The summed E-state index contributed by atoms with van der Waals surface area (Å²) < 4.78 is 14.0. The van der Waals surface area contributed by atoms with E-state index in [0.29, 0.717) is 4.47 Å². The molecule has 0 spiro atoms. The summed E-state index contributed by atoms with van der Waals surface area (Å²) in [4.78, 5) is 0. The maximum atomic E-state index is 13.4. The Balaban J connectivity index is 2.45. The van der Waals surface area contributed by atoms with E-state index in [2.05, 4.69) is 15.9 Å². The molecule has 0 aromatic heterocycles. The smallest absolute Gasteiger partial charge is 0.143 e. The topological polar surface area (TPSA) is 26.0 Å². The van der Waals surface area contributed by atoms with E-state index in [0.717, 1.165) is 31.2 Å². The van der Waals surface area contributed by atoms with Crippen molar-refractivity contribution in [1.82, 2.24) is 0 Å². The van der Waals surface area contributed by atoms with Crippen molar-refractivity contribution in [2.24, 2.45) is 5.73 Å². The highest BCUT2D eigenvalue weighted by Crippen LogP contribution is 2.39. The van der Waals surface area contributed by atoms with Crippen molar-refractivity contribution in [1.29, 1.82) is 0 Å². The normalized spacial score (nSPS) is 19.5. The molecular weight excluding hydrogens is 280 g/mol. The van der Waals surface area contributed by atoms with Gasteiger partial charge in [0.05, 0.1) is 5.02 Å². The predicted molar refractivity (Wildman–Crippen MR) is 63.4 cm³/mol. The maximum absolute atomic E-state index is 13.4. The Hall–Kier alpha value is -0.120. The maximum Gasteiger partial charge on any atom is 0.143 e. The van der Waals surface area contributed by atoms with Gasteiger partial charge < -0.3 is 5.73 Å². The van der Waals surface area contributed by atoms with Gasteiger partial charge in [-0.25, -0.2) is 4.39 Å². The van der Waals surface area contributed by atoms with Crippen molar-refractivity contribution in [3.05, 3.63) is 33.0 Å². The van der Waals surface area contributed by atoms with Crippen LogP contribution in [-0.4, -0.2) is 0 Å². The van der Waals surface area contributed by atoms with Crippen LogP contribution in [0.25, 0.3) is 0 Å². The lowest BCUT2D eigenvalue weighted by Gasteiger charge is -2.24. The molecule has 82 valence electrons. The van der Waals surface area contributed by atoms with E-state index in [-0.39, 0.29) is 10.6 Å². The van der Waals surface area contributed by atoms with E-state index in [4.69, 9.17) is 17.3 Å². The minimum Gasteiger partial charge on any atom is -0.321 e. The zero-order valence-electron chi connectivity index (χ0n) is 8.19. The van der Waals surface area contributed by atoms with E-state index in [9.17, 15) is 4.39 Å². The van der Waals surface area contributed by atoms with Gasteiger partial charge in [-0.3, -0.25) is 0 Å². The fraction of sp³-hybridized carbons (Fsp3) is 0.455. The fourth-order valence-corrected chi connectivity index (χ4v) is 2.68. The van der Waals surface area contributed by atoms with Crippen molar-refractivity contribution in [3.8, 4) is 0 Å². The van der Waals surface area contributed by atoms with Crippen molar-refractivity contribution in [2.45, 2.75) is 31.2 Å². The molecule has 1 aromatic rings. The summed E-state index contributed by atoms with van der Waals surface area (Å²) >= 11 is 8.98. The minimum absolute atomic E-state index is 0.125. The summed E-state index contributed by atoms with van der Waals surface area (Å²) in [5, 5.41) is 0.125. The average molecular weight is 293 g/mol. The van der Waals surface area contributed by atoms with Gasteiger partial charge in [0.25, 0.3) is 0 Å². The summed E-state index contributed by atoms with van der Waals surface area (Å²) in [7, 11) is 0. The number of hydrogen-bond donors (Lipinski definition) is 1. The summed E-state index contributed by atoms with van der Waals surface area (Å²) in [6.07, 6.45) is 4.05. The highest BCUT2D eigenvalue weighted by Gasteiger charge is 2.32. The molecule has 1 saturated carbocycles. The lowest BCUT2D eigenvalue weighted by atomic mass is 9.89. The van der Waals surface area contributed by atoms with Crippen molar-refractivity contribution in [3.63, 3.8) is 0 Å². The molecule has 1 fully saturated rings. The molecule has 0 unspecified atom stereocenters. The second-order valence-corrected chi connectivity index (χ2v) is 5.35. The Morgan fingerprint density at radius 2 is 1.93 bits per heavy atom. The van der Waals surface area contributed by atoms with Crippen LogP contribution in [0.3, 0.4) is 0 Å². The highest BCUT2D eigenvalue weighted by molar-refractivity contribution is 9.10. The van der Waals surface area contributed by atoms with Crippen LogP contribution < -0.4 is 5.73 Å². The van der Waals surface area contributed by atoms with E-state index in [1.54, 1.807) is 0 Å². The molecule has 0 atom stereocenters. The van der Waals surface area contributed by atoms with Crippen LogP contribution in [0, 0.1) is 5.82 Å². The van der Waals surface area contributed by atoms with Gasteiger partial charge >= 0.3 is 0 Å². The van der Waals surface area contributed by atoms with Crippen molar-refractivity contribution < 1.29 is 4.39 Å². The summed E-state index contributed by atoms with van der Waals surface area (Å²) in [5.74, 6) is -0.405. The number of rotatable bonds is 1. The second kappa shape index (κ2) is 4.04. The van der Waals surface area contributed by atoms with Crippen LogP contribution in [0.2, 0.25) is 5.02 Å². The molecule has 0 radical (unpaired) electrons. The van der Waals surface area contributed by atoms with Gasteiger partial charge in [0, 0.05) is 10.0 Å². The number of benzene rings is 1. The third-order valence-electron chi connectivity index (χ3n) is 3.05. The van der Waals surface area contributed by atoms with E-state index in [1.165, 1.54) is 6.07 Å². The van der Waals surface area contributed by atoms with E-state index < -0.39 is 5.82 Å². The van der Waals surface area contributed by atoms with Gasteiger partial charge in [-0.1, -0.05) is 24.4 Å². The molecule has 1 aliphatic carbocycles. The first-order chi connectivity index (χ1) is 7.03. The average Bonchev–Trinajstić information content (AvgIpc) is 2.62. The third kappa shape index (κ3) is 2.05. The molecule has 15 heavy (non-hydrogen) atoms. The van der Waals surface area contributed by atoms with Gasteiger partial charge in [0.1, 0.15) is 5.82 Å². The zero-order valence-corrected chi connectivity index (χ0v) is 10.5. The Kier molecular flexibility index (Phi) is 3.06. The molecule has 0 aliphatic heterocycles. The molecule has 0 amide bonds. The lowest BCUT2D eigenvalue weighted by molar-refractivity contribution is 0.457. The quantitative estimate of drug-likeness (QED) is 0.779. The molecule has 0 saturated heterocycles. The fourth-order valence-electron chi connectivity index (χ4n) is 2.14. The molecule has 2 rings (SSSR count). The Labute approximate surface area is 102 Å². The third-order valence-corrected chi connectivity index (χ3v) is 4.29. The Bertz CT molecular complexity index is 365. The molecular formula is C11H12BrClFN. The number of hydrogen-bond acceptors (Lipinski definition) is 1. The van der Waals surface area contributed by atoms with E-state index >= 15 is 0 Å². The van der Waals surface area contributed by atoms with Gasteiger partial charge in [-0.05, 0) is 46.5 Å². The SMILES string of the molecule is NC1(c2cc(F)c(Cl)c(Br)c2)CCCC1.